The molecule has 0 aliphatic rings. The van der Waals surface area contributed by atoms with Crippen LogP contribution in [-0.2, 0) is 4.79 Å². The molecule has 0 unspecified atom stereocenters. The van der Waals surface area contributed by atoms with E-state index in [0.29, 0.717) is 11.4 Å². The van der Waals surface area contributed by atoms with Crippen LogP contribution >= 0.6 is 0 Å². The topological polar surface area (TPSA) is 127 Å². The number of carboxylic acid groups (broad SMARTS) is 1. The van der Waals surface area contributed by atoms with Crippen molar-refractivity contribution in [1.29, 1.82) is 0 Å². The van der Waals surface area contributed by atoms with Gasteiger partial charge in [0, 0.05) is 29.5 Å². The van der Waals surface area contributed by atoms with Crippen LogP contribution in [0.2, 0.25) is 0 Å². The SMILES string of the molecule is COc1ccc(-c2cccc(C(=O)CC(=O)Nc3ccc(OCC(F)(F)F)cc3NC(=O)O)c2)cn1. The Morgan fingerprint density at radius 2 is 1.75 bits per heavy atom. The number of hydrogen-bond acceptors (Lipinski definition) is 6. The third-order valence-corrected chi connectivity index (χ3v) is 4.69. The maximum Gasteiger partial charge on any atom is 0.422 e. The van der Waals surface area contributed by atoms with Gasteiger partial charge in [-0.2, -0.15) is 13.2 Å². The van der Waals surface area contributed by atoms with Crippen molar-refractivity contribution < 1.29 is 42.1 Å². The van der Waals surface area contributed by atoms with E-state index in [0.717, 1.165) is 23.8 Å². The zero-order chi connectivity index (χ0) is 26.3. The van der Waals surface area contributed by atoms with Gasteiger partial charge in [-0.25, -0.2) is 9.78 Å². The average Bonchev–Trinajstić information content (AvgIpc) is 2.83. The number of halogens is 3. The minimum absolute atomic E-state index is 0.0624. The average molecular weight is 503 g/mol. The van der Waals surface area contributed by atoms with Crippen LogP contribution in [0.1, 0.15) is 16.8 Å². The van der Waals surface area contributed by atoms with Crippen molar-refractivity contribution in [3.05, 3.63) is 66.4 Å². The van der Waals surface area contributed by atoms with Crippen LogP contribution in [0.25, 0.3) is 11.1 Å². The predicted molar refractivity (Wildman–Crippen MR) is 123 cm³/mol. The maximum atomic E-state index is 12.7. The summed E-state index contributed by atoms with van der Waals surface area (Å²) in [4.78, 5) is 40.4. The lowest BCUT2D eigenvalue weighted by Gasteiger charge is -2.14. The van der Waals surface area contributed by atoms with E-state index in [1.54, 1.807) is 42.6 Å². The molecule has 0 bridgehead atoms. The molecule has 0 fully saturated rings. The minimum Gasteiger partial charge on any atom is -0.484 e. The quantitative estimate of drug-likeness (QED) is 0.277. The fraction of sp³-hybridized carbons (Fsp3) is 0.167. The summed E-state index contributed by atoms with van der Waals surface area (Å²) in [5.74, 6) is -1.10. The molecule has 3 aromatic rings. The van der Waals surface area contributed by atoms with Gasteiger partial charge in [-0.3, -0.25) is 14.9 Å². The van der Waals surface area contributed by atoms with Crippen molar-refractivity contribution in [3.8, 4) is 22.8 Å². The Hall–Kier alpha value is -4.61. The number of aromatic nitrogens is 1. The van der Waals surface area contributed by atoms with Gasteiger partial charge < -0.3 is 19.9 Å². The molecule has 2 aromatic carbocycles. The fourth-order valence-electron chi connectivity index (χ4n) is 3.09. The lowest BCUT2D eigenvalue weighted by molar-refractivity contribution is -0.153. The van der Waals surface area contributed by atoms with Gasteiger partial charge in [0.25, 0.3) is 0 Å². The van der Waals surface area contributed by atoms with Gasteiger partial charge in [0.05, 0.1) is 24.9 Å². The first-order valence-corrected chi connectivity index (χ1v) is 10.3. The third-order valence-electron chi connectivity index (χ3n) is 4.69. The van der Waals surface area contributed by atoms with E-state index < -0.39 is 37.0 Å². The van der Waals surface area contributed by atoms with E-state index in [4.69, 9.17) is 9.84 Å². The molecule has 12 heteroatoms. The number of methoxy groups -OCH3 is 1. The molecule has 3 rings (SSSR count). The van der Waals surface area contributed by atoms with Crippen molar-refractivity contribution in [3.63, 3.8) is 0 Å². The monoisotopic (exact) mass is 503 g/mol. The molecule has 1 heterocycles. The van der Waals surface area contributed by atoms with Gasteiger partial charge in [-0.15, -0.1) is 0 Å². The molecule has 0 aliphatic carbocycles. The Labute approximate surface area is 202 Å². The highest BCUT2D eigenvalue weighted by molar-refractivity contribution is 6.12. The van der Waals surface area contributed by atoms with E-state index in [1.165, 1.54) is 7.11 Å². The van der Waals surface area contributed by atoms with E-state index in [1.807, 2.05) is 5.32 Å². The number of carbonyl (C=O) groups is 3. The Bertz CT molecular complexity index is 1260. The molecule has 36 heavy (non-hydrogen) atoms. The first kappa shape index (κ1) is 26.0. The second-order valence-electron chi connectivity index (χ2n) is 7.36. The molecule has 0 saturated heterocycles. The summed E-state index contributed by atoms with van der Waals surface area (Å²) in [7, 11) is 1.49. The molecule has 0 radical (unpaired) electrons. The lowest BCUT2D eigenvalue weighted by Crippen LogP contribution is -2.20. The molecule has 188 valence electrons. The maximum absolute atomic E-state index is 12.7. The molecule has 2 amide bonds. The number of alkyl halides is 3. The zero-order valence-electron chi connectivity index (χ0n) is 18.8. The van der Waals surface area contributed by atoms with Crippen LogP contribution in [0.15, 0.2) is 60.8 Å². The largest absolute Gasteiger partial charge is 0.484 e. The Morgan fingerprint density at radius 3 is 2.39 bits per heavy atom. The summed E-state index contributed by atoms with van der Waals surface area (Å²) in [6.45, 7) is -1.58. The van der Waals surface area contributed by atoms with E-state index in [-0.39, 0.29) is 22.7 Å². The predicted octanol–water partition coefficient (Wildman–Crippen LogP) is 5.00. The van der Waals surface area contributed by atoms with Gasteiger partial charge in [-0.1, -0.05) is 18.2 Å². The van der Waals surface area contributed by atoms with Crippen LogP contribution in [0.3, 0.4) is 0 Å². The summed E-state index contributed by atoms with van der Waals surface area (Å²) in [5, 5.41) is 13.4. The summed E-state index contributed by atoms with van der Waals surface area (Å²) in [6, 6.07) is 13.3. The number of ether oxygens (including phenoxy) is 2. The van der Waals surface area contributed by atoms with E-state index in [2.05, 4.69) is 15.0 Å². The first-order valence-electron chi connectivity index (χ1n) is 10.3. The molecule has 0 atom stereocenters. The van der Waals surface area contributed by atoms with Crippen LogP contribution in [-0.4, -0.2) is 47.8 Å². The molecular weight excluding hydrogens is 483 g/mol. The van der Waals surface area contributed by atoms with Crippen molar-refractivity contribution >= 4 is 29.2 Å². The lowest BCUT2D eigenvalue weighted by atomic mass is 10.0. The summed E-state index contributed by atoms with van der Waals surface area (Å²) in [6.07, 6.45) is -5.09. The Kier molecular flexibility index (Phi) is 8.10. The van der Waals surface area contributed by atoms with Gasteiger partial charge in [0.2, 0.25) is 11.8 Å². The van der Waals surface area contributed by atoms with Crippen molar-refractivity contribution in [2.24, 2.45) is 0 Å². The number of carbonyl (C=O) groups excluding carboxylic acids is 2. The normalized spacial score (nSPS) is 10.9. The number of nitrogens with zero attached hydrogens (tertiary/aromatic N) is 1. The van der Waals surface area contributed by atoms with Crippen molar-refractivity contribution in [1.82, 2.24) is 4.98 Å². The summed E-state index contributed by atoms with van der Waals surface area (Å²) in [5.41, 5.74) is 1.40. The number of anilines is 2. The Morgan fingerprint density at radius 1 is 0.972 bits per heavy atom. The smallest absolute Gasteiger partial charge is 0.422 e. The molecule has 3 N–H and O–H groups in total. The number of nitrogens with one attached hydrogen (secondary N) is 2. The molecule has 0 aliphatic heterocycles. The number of rotatable bonds is 9. The number of hydrogen-bond donors (Lipinski definition) is 3. The highest BCUT2D eigenvalue weighted by atomic mass is 19.4. The minimum atomic E-state index is -4.59. The summed E-state index contributed by atoms with van der Waals surface area (Å²) < 4.78 is 46.8. The van der Waals surface area contributed by atoms with E-state index >= 15 is 0 Å². The molecule has 9 nitrogen and oxygen atoms in total. The number of ketones is 1. The van der Waals surface area contributed by atoms with Gasteiger partial charge in [-0.05, 0) is 29.8 Å². The van der Waals surface area contributed by atoms with Crippen LogP contribution in [0.5, 0.6) is 11.6 Å². The highest BCUT2D eigenvalue weighted by Gasteiger charge is 2.28. The van der Waals surface area contributed by atoms with Crippen molar-refractivity contribution in [2.75, 3.05) is 24.4 Å². The second kappa shape index (κ2) is 11.2. The molecule has 1 aromatic heterocycles. The molecule has 0 spiro atoms. The number of Topliss-reactive ketones (excluding diaryl/α,β-unsaturated/α-hetero) is 1. The first-order chi connectivity index (χ1) is 17.0. The highest BCUT2D eigenvalue weighted by Crippen LogP contribution is 2.29. The molecule has 0 saturated carbocycles. The standard InChI is InChI=1S/C24H20F3N3O6/c1-35-22-8-5-16(12-28-22)14-3-2-4-15(9-14)20(31)11-21(32)29-18-7-6-17(36-13-24(25,26)27)10-19(18)30-23(33)34/h2-10,12,30H,11,13H2,1H3,(H,29,32)(H,33,34). The summed E-state index contributed by atoms with van der Waals surface area (Å²) >= 11 is 0. The van der Waals surface area contributed by atoms with Gasteiger partial charge >= 0.3 is 12.3 Å². The zero-order valence-corrected chi connectivity index (χ0v) is 18.8. The van der Waals surface area contributed by atoms with Crippen LogP contribution in [0, 0.1) is 0 Å². The number of pyridine rings is 1. The third kappa shape index (κ3) is 7.45. The Balaban J connectivity index is 1.71. The second-order valence-corrected chi connectivity index (χ2v) is 7.36. The van der Waals surface area contributed by atoms with Crippen LogP contribution in [0.4, 0.5) is 29.3 Å². The van der Waals surface area contributed by atoms with Crippen molar-refractivity contribution in [2.45, 2.75) is 12.6 Å². The van der Waals surface area contributed by atoms with Crippen LogP contribution < -0.4 is 20.1 Å². The number of amides is 2. The fourth-order valence-corrected chi connectivity index (χ4v) is 3.09. The van der Waals surface area contributed by atoms with Gasteiger partial charge in [0.1, 0.15) is 5.75 Å². The number of benzene rings is 2. The molecular formula is C24H20F3N3O6. The van der Waals surface area contributed by atoms with Gasteiger partial charge in [0.15, 0.2) is 12.4 Å². The van der Waals surface area contributed by atoms with E-state index in [9.17, 15) is 27.6 Å².